The number of terminal acetylenes is 1. The number of phenolic OH excluding ortho intramolecular Hbond substituents is 1. The molecule has 1 N–H and O–H groups in total. The van der Waals surface area contributed by atoms with E-state index in [0.29, 0.717) is 16.6 Å². The summed E-state index contributed by atoms with van der Waals surface area (Å²) in [5, 5.41) is 9.98. The molecule has 7 rings (SSSR count). The van der Waals surface area contributed by atoms with Crippen LogP contribution in [0.2, 0.25) is 0 Å². The molecular formula is C32H29B2F2N5O2. The summed E-state index contributed by atoms with van der Waals surface area (Å²) in [4.78, 5) is 18.0. The van der Waals surface area contributed by atoms with Gasteiger partial charge in [0, 0.05) is 41.2 Å². The van der Waals surface area contributed by atoms with Gasteiger partial charge in [0.05, 0.1) is 10.9 Å². The average molecular weight is 575 g/mol. The quantitative estimate of drug-likeness (QED) is 0.271. The Morgan fingerprint density at radius 2 is 1.74 bits per heavy atom. The molecule has 0 amide bonds. The summed E-state index contributed by atoms with van der Waals surface area (Å²) in [6, 6.07) is 5.33. The number of ether oxygens (including phenoxy) is 1. The first kappa shape index (κ1) is 27.9. The maximum Gasteiger partial charge on any atom is 0.318 e. The second kappa shape index (κ2) is 10.4. The minimum atomic E-state index is -1.61. The predicted octanol–water partition coefficient (Wildman–Crippen LogP) is 4.80. The minimum absolute atomic E-state index is 0.0475. The zero-order valence-corrected chi connectivity index (χ0v) is 23.7. The summed E-state index contributed by atoms with van der Waals surface area (Å²) in [6.45, 7) is 3.23. The van der Waals surface area contributed by atoms with Gasteiger partial charge in [-0.15, -0.1) is 6.42 Å². The van der Waals surface area contributed by atoms with Crippen molar-refractivity contribution in [3.8, 4) is 35.4 Å². The molecule has 0 spiro atoms. The second-order valence-electron chi connectivity index (χ2n) is 11.8. The number of aromatic hydroxyl groups is 1. The van der Waals surface area contributed by atoms with Gasteiger partial charge in [0.25, 0.3) is 0 Å². The summed E-state index contributed by atoms with van der Waals surface area (Å²) in [7, 11) is 13.4. The molecular weight excluding hydrogens is 546 g/mol. The Hall–Kier alpha value is -3.90. The molecule has 7 nitrogen and oxygen atoms in total. The number of hydrogen-bond donors (Lipinski definition) is 1. The monoisotopic (exact) mass is 575 g/mol. The van der Waals surface area contributed by atoms with Crippen LogP contribution >= 0.6 is 0 Å². The molecule has 0 unspecified atom stereocenters. The van der Waals surface area contributed by atoms with E-state index in [0.717, 1.165) is 71.1 Å². The molecule has 3 aliphatic rings. The second-order valence-corrected chi connectivity index (χ2v) is 11.8. The molecule has 0 atom stereocenters. The summed E-state index contributed by atoms with van der Waals surface area (Å²) in [6.07, 6.45) is 13.7. The van der Waals surface area contributed by atoms with Gasteiger partial charge in [0.1, 0.15) is 44.3 Å². The van der Waals surface area contributed by atoms with Crippen LogP contribution < -0.4 is 9.64 Å². The first-order valence-electron chi connectivity index (χ1n) is 14.8. The molecule has 5 heterocycles. The highest BCUT2D eigenvalue weighted by Crippen LogP contribution is 2.46. The van der Waals surface area contributed by atoms with Crippen molar-refractivity contribution in [2.45, 2.75) is 55.9 Å². The lowest BCUT2D eigenvalue weighted by Crippen LogP contribution is -2.63. The van der Waals surface area contributed by atoms with Gasteiger partial charge in [-0.25, -0.2) is 8.78 Å². The fourth-order valence-corrected chi connectivity index (χ4v) is 7.34. The molecule has 4 aromatic rings. The Morgan fingerprint density at radius 1 is 1.00 bits per heavy atom. The SMILES string of the molecule is [B]C([B])(Oc1nc(N2CCCCC2)c2cnc(-c3cc(O)cc4ccc(F)c(C#C)c34)c(F)c2n1)C12CCCN1CCC2. The molecule has 2 aromatic carbocycles. The number of benzene rings is 2. The van der Waals surface area contributed by atoms with Gasteiger partial charge >= 0.3 is 6.01 Å². The number of nitrogens with zero attached hydrogens (tertiary/aromatic N) is 5. The fraction of sp³-hybridized carbons (Fsp3) is 0.406. The number of pyridine rings is 1. The van der Waals surface area contributed by atoms with Crippen molar-refractivity contribution in [2.24, 2.45) is 0 Å². The Morgan fingerprint density at radius 3 is 2.47 bits per heavy atom. The van der Waals surface area contributed by atoms with Gasteiger partial charge in [-0.1, -0.05) is 12.0 Å². The van der Waals surface area contributed by atoms with E-state index in [1.807, 2.05) is 0 Å². The standard InChI is InChI=1S/C32H29B2F2N5O2/c1-2-21-24(35)9-8-19-16-20(42)17-22(25(19)21)27-26(36)28-23(18-37-27)29(40-12-4-3-5-13-40)39-30(38-28)43-32(33,34)31-10-6-14-41(31)15-7-11-31/h1,8-9,16-18,42H,3-7,10-15H2. The number of aromatic nitrogens is 3. The molecule has 214 valence electrons. The molecule has 0 aliphatic carbocycles. The predicted molar refractivity (Wildman–Crippen MR) is 163 cm³/mol. The molecule has 0 bridgehead atoms. The van der Waals surface area contributed by atoms with E-state index in [2.05, 4.69) is 25.7 Å². The highest BCUT2D eigenvalue weighted by atomic mass is 19.1. The van der Waals surface area contributed by atoms with Crippen LogP contribution in [0.1, 0.15) is 50.5 Å². The van der Waals surface area contributed by atoms with E-state index in [1.54, 1.807) is 0 Å². The molecule has 2 aromatic heterocycles. The number of halogens is 2. The molecule has 4 radical (unpaired) electrons. The lowest BCUT2D eigenvalue weighted by molar-refractivity contribution is 0.0507. The number of piperidine rings is 1. The Labute approximate surface area is 251 Å². The smallest absolute Gasteiger partial charge is 0.318 e. The normalized spacial score (nSPS) is 18.7. The van der Waals surface area contributed by atoms with E-state index in [4.69, 9.17) is 31.8 Å². The molecule has 0 saturated carbocycles. The number of rotatable bonds is 5. The number of fused-ring (bicyclic) bond motifs is 3. The van der Waals surface area contributed by atoms with E-state index in [-0.39, 0.29) is 39.5 Å². The van der Waals surface area contributed by atoms with Gasteiger partial charge in [-0.2, -0.15) is 9.97 Å². The first-order valence-corrected chi connectivity index (χ1v) is 14.8. The molecule has 43 heavy (non-hydrogen) atoms. The van der Waals surface area contributed by atoms with E-state index in [9.17, 15) is 9.50 Å². The van der Waals surface area contributed by atoms with Crippen molar-refractivity contribution < 1.29 is 18.6 Å². The van der Waals surface area contributed by atoms with Crippen LogP contribution in [0, 0.1) is 24.0 Å². The highest BCUT2D eigenvalue weighted by Gasteiger charge is 2.54. The Kier molecular flexibility index (Phi) is 6.73. The van der Waals surface area contributed by atoms with Crippen molar-refractivity contribution >= 4 is 43.2 Å². The summed E-state index contributed by atoms with van der Waals surface area (Å²) in [5.74, 6) is 1.28. The lowest BCUT2D eigenvalue weighted by atomic mass is 9.53. The maximum absolute atomic E-state index is 16.7. The largest absolute Gasteiger partial charge is 0.508 e. The Balaban J connectivity index is 1.42. The van der Waals surface area contributed by atoms with Crippen LogP contribution in [-0.4, -0.2) is 77.8 Å². The zero-order valence-electron chi connectivity index (χ0n) is 23.7. The third kappa shape index (κ3) is 4.41. The topological polar surface area (TPSA) is 74.6 Å². The van der Waals surface area contributed by atoms with E-state index < -0.39 is 22.6 Å². The molecule has 11 heteroatoms. The van der Waals surface area contributed by atoms with Crippen molar-refractivity contribution in [3.05, 3.63) is 47.7 Å². The Bertz CT molecular complexity index is 1800. The van der Waals surface area contributed by atoms with Crippen molar-refractivity contribution in [2.75, 3.05) is 31.1 Å². The van der Waals surface area contributed by atoms with E-state index >= 15 is 4.39 Å². The third-order valence-corrected chi connectivity index (χ3v) is 9.38. The van der Waals surface area contributed by atoms with Crippen LogP contribution in [-0.2, 0) is 0 Å². The van der Waals surface area contributed by atoms with Crippen LogP contribution in [0.5, 0.6) is 11.8 Å². The number of hydrogen-bond acceptors (Lipinski definition) is 7. The molecule has 3 aliphatic heterocycles. The van der Waals surface area contributed by atoms with Crippen molar-refractivity contribution in [1.29, 1.82) is 0 Å². The first-order chi connectivity index (χ1) is 20.7. The highest BCUT2D eigenvalue weighted by molar-refractivity contribution is 6.40. The van der Waals surface area contributed by atoms with Gasteiger partial charge in [0.15, 0.2) is 5.82 Å². The van der Waals surface area contributed by atoms with Gasteiger partial charge in [-0.3, -0.25) is 9.88 Å². The van der Waals surface area contributed by atoms with Gasteiger partial charge in [0.2, 0.25) is 0 Å². The van der Waals surface area contributed by atoms with Crippen LogP contribution in [0.25, 0.3) is 32.9 Å². The summed E-state index contributed by atoms with van der Waals surface area (Å²) >= 11 is 0. The third-order valence-electron chi connectivity index (χ3n) is 9.38. The molecule has 3 saturated heterocycles. The number of anilines is 1. The van der Waals surface area contributed by atoms with Gasteiger partial charge in [-0.05, 0) is 81.6 Å². The maximum atomic E-state index is 16.7. The van der Waals surface area contributed by atoms with Crippen molar-refractivity contribution in [1.82, 2.24) is 19.9 Å². The minimum Gasteiger partial charge on any atom is -0.508 e. The summed E-state index contributed by atoms with van der Waals surface area (Å²) < 4.78 is 37.7. The van der Waals surface area contributed by atoms with Crippen LogP contribution in [0.3, 0.4) is 0 Å². The molecule has 3 fully saturated rings. The number of phenols is 1. The average Bonchev–Trinajstić information content (AvgIpc) is 3.60. The lowest BCUT2D eigenvalue weighted by Gasteiger charge is -2.46. The van der Waals surface area contributed by atoms with Crippen molar-refractivity contribution in [3.63, 3.8) is 0 Å². The zero-order chi connectivity index (χ0) is 29.9. The fourth-order valence-electron chi connectivity index (χ4n) is 7.34. The van der Waals surface area contributed by atoms with Crippen LogP contribution in [0.4, 0.5) is 14.6 Å². The van der Waals surface area contributed by atoms with Gasteiger partial charge < -0.3 is 14.7 Å². The van der Waals surface area contributed by atoms with E-state index in [1.165, 1.54) is 30.5 Å². The summed E-state index contributed by atoms with van der Waals surface area (Å²) in [5.41, 5.74) is -0.667. The van der Waals surface area contributed by atoms with Crippen LogP contribution in [0.15, 0.2) is 30.5 Å².